The van der Waals surface area contributed by atoms with Crippen LogP contribution in [-0.2, 0) is 9.47 Å². The van der Waals surface area contributed by atoms with Gasteiger partial charge in [0.2, 0.25) is 5.72 Å². The lowest BCUT2D eigenvalue weighted by Crippen LogP contribution is -2.27. The predicted octanol–water partition coefficient (Wildman–Crippen LogP) is 2.50. The summed E-state index contributed by atoms with van der Waals surface area (Å²) in [7, 11) is 1.64. The Morgan fingerprint density at radius 2 is 2.28 bits per heavy atom. The highest BCUT2D eigenvalue weighted by molar-refractivity contribution is 6.30. The molecule has 0 saturated heterocycles. The van der Waals surface area contributed by atoms with Crippen LogP contribution in [0, 0.1) is 0 Å². The minimum absolute atomic E-state index is 0.358. The Hall–Kier alpha value is -2.51. The van der Waals surface area contributed by atoms with Gasteiger partial charge in [-0.2, -0.15) is 0 Å². The number of rotatable bonds is 5. The molecule has 1 aromatic heterocycles. The maximum Gasteiger partial charge on any atom is 0.202 e. The third-order valence-corrected chi connectivity index (χ3v) is 3.94. The molecule has 3 rings (SSSR count). The number of pyridine rings is 1. The molecule has 2 aliphatic heterocycles. The van der Waals surface area contributed by atoms with Crippen molar-refractivity contribution in [1.82, 2.24) is 10.3 Å². The van der Waals surface area contributed by atoms with E-state index in [2.05, 4.69) is 20.6 Å². The van der Waals surface area contributed by atoms with E-state index in [4.69, 9.17) is 26.8 Å². The second kappa shape index (κ2) is 7.16. The summed E-state index contributed by atoms with van der Waals surface area (Å²) in [6.45, 7) is 2.42. The quantitative estimate of drug-likeness (QED) is 0.746. The summed E-state index contributed by atoms with van der Waals surface area (Å²) in [5, 5.41) is 6.99. The standard InChI is InChI=1S/C17H20ClN5O2/c1-17(8-9-24-2)23-16(19)15(25-17)12-4-3-5-14(21-12)22-13-7-6-11(18)10-20-13/h3-7,10,21H,8-9H2,1-2H3,(H2,19,23)(H,20,22). The van der Waals surface area contributed by atoms with Crippen LogP contribution in [0.25, 0.3) is 0 Å². The third kappa shape index (κ3) is 4.12. The summed E-state index contributed by atoms with van der Waals surface area (Å²) in [6, 6.07) is 3.56. The van der Waals surface area contributed by atoms with Crippen LogP contribution in [0.4, 0.5) is 5.82 Å². The SMILES string of the molecule is COCCC1(C)N=C(N)C(=C2C=CC=C(Nc3ccc(Cl)cn3)N2)O1. The first kappa shape index (κ1) is 17.3. The van der Waals surface area contributed by atoms with Gasteiger partial charge >= 0.3 is 0 Å². The first-order valence-corrected chi connectivity index (χ1v) is 8.19. The number of aromatic nitrogens is 1. The van der Waals surface area contributed by atoms with E-state index in [0.29, 0.717) is 35.5 Å². The Balaban J connectivity index is 1.73. The number of allylic oxidation sites excluding steroid dienone is 3. The smallest absolute Gasteiger partial charge is 0.202 e. The van der Waals surface area contributed by atoms with Crippen molar-refractivity contribution < 1.29 is 9.47 Å². The van der Waals surface area contributed by atoms with Gasteiger partial charge in [0.15, 0.2) is 11.6 Å². The van der Waals surface area contributed by atoms with Gasteiger partial charge in [-0.1, -0.05) is 17.7 Å². The average molecular weight is 362 g/mol. The molecule has 25 heavy (non-hydrogen) atoms. The van der Waals surface area contributed by atoms with Crippen LogP contribution in [-0.4, -0.2) is 30.3 Å². The molecule has 8 heteroatoms. The summed E-state index contributed by atoms with van der Waals surface area (Å²) in [4.78, 5) is 8.64. The van der Waals surface area contributed by atoms with Crippen LogP contribution in [0.3, 0.4) is 0 Å². The van der Waals surface area contributed by atoms with Crippen molar-refractivity contribution in [2.24, 2.45) is 10.7 Å². The number of nitrogens with zero attached hydrogens (tertiary/aromatic N) is 2. The number of nitrogens with one attached hydrogen (secondary N) is 2. The average Bonchev–Trinajstić information content (AvgIpc) is 2.91. The Bertz CT molecular complexity index is 770. The van der Waals surface area contributed by atoms with Crippen LogP contribution in [0.1, 0.15) is 13.3 Å². The lowest BCUT2D eigenvalue weighted by atomic mass is 10.2. The first-order valence-electron chi connectivity index (χ1n) is 7.81. The molecule has 0 amide bonds. The summed E-state index contributed by atoms with van der Waals surface area (Å²) in [6.07, 6.45) is 7.83. The Morgan fingerprint density at radius 3 is 3.00 bits per heavy atom. The largest absolute Gasteiger partial charge is 0.460 e. The summed E-state index contributed by atoms with van der Waals surface area (Å²) >= 11 is 5.85. The molecule has 3 heterocycles. The Kier molecular flexibility index (Phi) is 4.96. The van der Waals surface area contributed by atoms with E-state index in [1.807, 2.05) is 25.2 Å². The van der Waals surface area contributed by atoms with E-state index in [9.17, 15) is 0 Å². The van der Waals surface area contributed by atoms with Crippen molar-refractivity contribution in [2.45, 2.75) is 19.1 Å². The van der Waals surface area contributed by atoms with Crippen LogP contribution in [0.5, 0.6) is 0 Å². The number of hydrogen-bond donors (Lipinski definition) is 3. The molecule has 1 atom stereocenters. The summed E-state index contributed by atoms with van der Waals surface area (Å²) in [5.41, 5.74) is 6.06. The van der Waals surface area contributed by atoms with Gasteiger partial charge in [0.1, 0.15) is 11.6 Å². The lowest BCUT2D eigenvalue weighted by molar-refractivity contribution is 0.0202. The van der Waals surface area contributed by atoms with Crippen LogP contribution in [0.2, 0.25) is 5.02 Å². The zero-order valence-electron chi connectivity index (χ0n) is 14.0. The van der Waals surface area contributed by atoms with Gasteiger partial charge in [0.25, 0.3) is 0 Å². The second-order valence-electron chi connectivity index (χ2n) is 5.81. The molecule has 4 N–H and O–H groups in total. The molecular weight excluding hydrogens is 342 g/mol. The number of nitrogens with two attached hydrogens (primary N) is 1. The summed E-state index contributed by atoms with van der Waals surface area (Å²) < 4.78 is 11.1. The van der Waals surface area contributed by atoms with Crippen LogP contribution in [0.15, 0.2) is 58.8 Å². The molecule has 1 unspecified atom stereocenters. The number of methoxy groups -OCH3 is 1. The maximum atomic E-state index is 6.06. The van der Waals surface area contributed by atoms with Crippen molar-refractivity contribution in [1.29, 1.82) is 0 Å². The fourth-order valence-corrected chi connectivity index (χ4v) is 2.57. The highest BCUT2D eigenvalue weighted by atomic mass is 35.5. The molecule has 1 aromatic rings. The number of ether oxygens (including phenoxy) is 2. The summed E-state index contributed by atoms with van der Waals surface area (Å²) in [5.74, 6) is 2.28. The molecular formula is C17H20ClN5O2. The maximum absolute atomic E-state index is 6.06. The molecule has 2 aliphatic rings. The second-order valence-corrected chi connectivity index (χ2v) is 6.25. The van der Waals surface area contributed by atoms with Crippen molar-refractivity contribution in [3.63, 3.8) is 0 Å². The minimum Gasteiger partial charge on any atom is -0.460 e. The van der Waals surface area contributed by atoms with Gasteiger partial charge in [-0.25, -0.2) is 9.98 Å². The topological polar surface area (TPSA) is 93.8 Å². The van der Waals surface area contributed by atoms with E-state index >= 15 is 0 Å². The monoisotopic (exact) mass is 361 g/mol. The van der Waals surface area contributed by atoms with E-state index in [0.717, 1.165) is 11.5 Å². The predicted molar refractivity (Wildman–Crippen MR) is 97.9 cm³/mol. The zero-order chi connectivity index (χ0) is 17.9. The number of anilines is 1. The fraction of sp³-hybridized carbons (Fsp3) is 0.294. The van der Waals surface area contributed by atoms with Crippen LogP contribution < -0.4 is 16.4 Å². The fourth-order valence-electron chi connectivity index (χ4n) is 2.45. The molecule has 0 bridgehead atoms. The normalized spacial score (nSPS) is 25.1. The molecule has 0 radical (unpaired) electrons. The lowest BCUT2D eigenvalue weighted by Gasteiger charge is -2.22. The van der Waals surface area contributed by atoms with Crippen molar-refractivity contribution in [2.75, 3.05) is 19.0 Å². The van der Waals surface area contributed by atoms with Crippen molar-refractivity contribution in [3.05, 3.63) is 58.9 Å². The number of aliphatic imine (C=N–C) groups is 1. The first-order chi connectivity index (χ1) is 12.0. The van der Waals surface area contributed by atoms with Crippen LogP contribution >= 0.6 is 11.6 Å². The zero-order valence-corrected chi connectivity index (χ0v) is 14.8. The van der Waals surface area contributed by atoms with Gasteiger partial charge in [-0.3, -0.25) is 0 Å². The number of hydrogen-bond acceptors (Lipinski definition) is 7. The Morgan fingerprint density at radius 1 is 1.44 bits per heavy atom. The molecule has 0 saturated carbocycles. The molecule has 7 nitrogen and oxygen atoms in total. The van der Waals surface area contributed by atoms with E-state index in [1.165, 1.54) is 0 Å². The van der Waals surface area contributed by atoms with Gasteiger partial charge in [0.05, 0.1) is 17.3 Å². The Labute approximate surface area is 151 Å². The van der Waals surface area contributed by atoms with E-state index in [-0.39, 0.29) is 0 Å². The highest BCUT2D eigenvalue weighted by Crippen LogP contribution is 2.30. The number of amidine groups is 1. The van der Waals surface area contributed by atoms with Gasteiger partial charge in [0, 0.05) is 19.7 Å². The molecule has 0 aromatic carbocycles. The van der Waals surface area contributed by atoms with E-state index in [1.54, 1.807) is 25.4 Å². The van der Waals surface area contributed by atoms with E-state index < -0.39 is 5.72 Å². The minimum atomic E-state index is -0.718. The number of dihydropyridines is 1. The number of halogens is 1. The molecule has 0 aliphatic carbocycles. The van der Waals surface area contributed by atoms with Gasteiger partial charge in [-0.05, 0) is 31.2 Å². The molecule has 0 spiro atoms. The third-order valence-electron chi connectivity index (χ3n) is 3.71. The van der Waals surface area contributed by atoms with Crippen molar-refractivity contribution in [3.8, 4) is 0 Å². The molecule has 132 valence electrons. The van der Waals surface area contributed by atoms with Crippen molar-refractivity contribution >= 4 is 23.3 Å². The molecule has 0 fully saturated rings. The van der Waals surface area contributed by atoms with Gasteiger partial charge in [-0.15, -0.1) is 0 Å². The van der Waals surface area contributed by atoms with Gasteiger partial charge < -0.3 is 25.8 Å². The highest BCUT2D eigenvalue weighted by Gasteiger charge is 2.35.